The lowest BCUT2D eigenvalue weighted by Crippen LogP contribution is -2.26. The van der Waals surface area contributed by atoms with Crippen molar-refractivity contribution >= 4 is 11.1 Å². The molecule has 9 rings (SSSR count). The Labute approximate surface area is 380 Å². The zero-order valence-electron chi connectivity index (χ0n) is 39.7. The number of aromatic nitrogens is 2. The number of hydrogen-bond donors (Lipinski definition) is 0. The van der Waals surface area contributed by atoms with Crippen molar-refractivity contribution in [2.24, 2.45) is 0 Å². The van der Waals surface area contributed by atoms with Crippen LogP contribution in [-0.2, 0) is 0 Å². The van der Waals surface area contributed by atoms with Gasteiger partial charge in [0.05, 0.1) is 0 Å². The minimum atomic E-state index is 0.287. The van der Waals surface area contributed by atoms with Crippen molar-refractivity contribution in [3.05, 3.63) is 188 Å². The first-order valence-electron chi connectivity index (χ1n) is 23.4. The van der Waals surface area contributed by atoms with Gasteiger partial charge in [-0.15, -0.1) is 0 Å². The zero-order valence-corrected chi connectivity index (χ0v) is 39.7. The molecule has 7 aromatic rings. The van der Waals surface area contributed by atoms with Gasteiger partial charge in [0, 0.05) is 57.5 Å². The van der Waals surface area contributed by atoms with Gasteiger partial charge in [-0.1, -0.05) is 119 Å². The molecular formula is C60H62N2O2. The summed E-state index contributed by atoms with van der Waals surface area (Å²) in [6, 6.07) is 36.1. The first-order valence-corrected chi connectivity index (χ1v) is 23.4. The predicted molar refractivity (Wildman–Crippen MR) is 266 cm³/mol. The molecule has 0 unspecified atom stereocenters. The predicted octanol–water partition coefficient (Wildman–Crippen LogP) is 15.3. The van der Waals surface area contributed by atoms with Crippen molar-refractivity contribution in [3.63, 3.8) is 0 Å². The summed E-state index contributed by atoms with van der Waals surface area (Å²) in [6.07, 6.45) is 7.42. The van der Waals surface area contributed by atoms with E-state index in [-0.39, 0.29) is 23.7 Å². The minimum absolute atomic E-state index is 0.287. The molecule has 0 amide bonds. The molecule has 2 aliphatic heterocycles. The fourth-order valence-corrected chi connectivity index (χ4v) is 9.75. The molecule has 2 aromatic heterocycles. The Bertz CT molecular complexity index is 2780. The molecule has 0 N–H and O–H groups in total. The van der Waals surface area contributed by atoms with E-state index < -0.39 is 0 Å². The van der Waals surface area contributed by atoms with Crippen molar-refractivity contribution in [2.75, 3.05) is 0 Å². The van der Waals surface area contributed by atoms with Crippen LogP contribution in [0.3, 0.4) is 0 Å². The largest absolute Gasteiger partial charge is 0.456 e. The Kier molecular flexibility index (Phi) is 11.4. The SMILES string of the molecule is CC(C)c1cc(C(C)C)c(C2=c3cc4c(cc3Oc3cc(-c5ccncc5)ccc32)=C(c2c(C(C)C)cc(C(C)C)cc2C(C)C)c2ccc(-c3ccncc3)cc2O4)c(C(C)C)c1. The zero-order chi connectivity index (χ0) is 45.1. The standard InChI is InChI=1S/C60H62N2O2/c1-33(2)43-25-47(35(5)6)59(48(26-43)36(7)8)57-45-15-13-41(39-17-21-61-22-18-39)29-53(45)63-55-32-52-56(31-51(55)57)64-54-30-42(40-19-23-62-24-20-40)14-16-46(54)58(52)60-49(37(9)10)27-44(34(3)4)28-50(60)38(11)12/h13-38H,1-12H3. The van der Waals surface area contributed by atoms with Gasteiger partial charge in [0.1, 0.15) is 23.0 Å². The minimum Gasteiger partial charge on any atom is -0.456 e. The van der Waals surface area contributed by atoms with E-state index in [9.17, 15) is 0 Å². The molecule has 4 heteroatoms. The Balaban J connectivity index is 1.45. The van der Waals surface area contributed by atoms with E-state index in [1.165, 1.54) is 55.7 Å². The van der Waals surface area contributed by atoms with Crippen molar-refractivity contribution in [1.82, 2.24) is 9.97 Å². The highest BCUT2D eigenvalue weighted by Gasteiger charge is 2.32. The molecule has 0 fully saturated rings. The van der Waals surface area contributed by atoms with Gasteiger partial charge in [0.15, 0.2) is 0 Å². The van der Waals surface area contributed by atoms with Gasteiger partial charge in [-0.3, -0.25) is 9.97 Å². The summed E-state index contributed by atoms with van der Waals surface area (Å²) in [6.45, 7) is 27.9. The number of rotatable bonds is 10. The Morgan fingerprint density at radius 1 is 0.328 bits per heavy atom. The monoisotopic (exact) mass is 842 g/mol. The number of benzene rings is 5. The van der Waals surface area contributed by atoms with Crippen LogP contribution in [0.2, 0.25) is 0 Å². The molecule has 0 atom stereocenters. The third-order valence-corrected chi connectivity index (χ3v) is 13.4. The maximum Gasteiger partial charge on any atom is 0.136 e. The number of fused-ring (bicyclic) bond motifs is 4. The molecule has 4 heterocycles. The first-order chi connectivity index (χ1) is 30.7. The van der Waals surface area contributed by atoms with E-state index >= 15 is 0 Å². The molecule has 0 saturated carbocycles. The van der Waals surface area contributed by atoms with Crippen LogP contribution in [0.1, 0.15) is 174 Å². The van der Waals surface area contributed by atoms with Gasteiger partial charge < -0.3 is 9.47 Å². The van der Waals surface area contributed by atoms with Crippen molar-refractivity contribution < 1.29 is 9.47 Å². The second-order valence-electron chi connectivity index (χ2n) is 19.8. The summed E-state index contributed by atoms with van der Waals surface area (Å²) in [5.41, 5.74) is 19.7. The summed E-state index contributed by atoms with van der Waals surface area (Å²) < 4.78 is 14.5. The Morgan fingerprint density at radius 3 is 0.953 bits per heavy atom. The Morgan fingerprint density at radius 2 is 0.656 bits per heavy atom. The van der Waals surface area contributed by atoms with Crippen LogP contribution in [0.15, 0.2) is 122 Å². The van der Waals surface area contributed by atoms with Crippen LogP contribution in [-0.4, -0.2) is 9.97 Å². The molecule has 5 aromatic carbocycles. The van der Waals surface area contributed by atoms with E-state index in [2.05, 4.69) is 190 Å². The summed E-state index contributed by atoms with van der Waals surface area (Å²) in [4.78, 5) is 8.63. The lowest BCUT2D eigenvalue weighted by molar-refractivity contribution is 0.455. The van der Waals surface area contributed by atoms with E-state index in [0.29, 0.717) is 11.8 Å². The molecule has 4 nitrogen and oxygen atoms in total. The second-order valence-corrected chi connectivity index (χ2v) is 19.8. The van der Waals surface area contributed by atoms with Crippen LogP contribution in [0.4, 0.5) is 0 Å². The van der Waals surface area contributed by atoms with E-state index in [4.69, 9.17) is 9.47 Å². The van der Waals surface area contributed by atoms with Gasteiger partial charge in [-0.2, -0.15) is 0 Å². The first kappa shape index (κ1) is 43.0. The average Bonchev–Trinajstić information content (AvgIpc) is 3.28. The maximum atomic E-state index is 7.26. The molecule has 0 spiro atoms. The molecule has 324 valence electrons. The van der Waals surface area contributed by atoms with E-state index in [1.54, 1.807) is 0 Å². The van der Waals surface area contributed by atoms with Gasteiger partial charge in [0.25, 0.3) is 0 Å². The highest BCUT2D eigenvalue weighted by atomic mass is 16.5. The summed E-state index contributed by atoms with van der Waals surface area (Å²) >= 11 is 0. The third-order valence-electron chi connectivity index (χ3n) is 13.4. The summed E-state index contributed by atoms with van der Waals surface area (Å²) in [7, 11) is 0. The summed E-state index contributed by atoms with van der Waals surface area (Å²) in [5.74, 6) is 5.31. The van der Waals surface area contributed by atoms with Gasteiger partial charge in [0.2, 0.25) is 0 Å². The van der Waals surface area contributed by atoms with Gasteiger partial charge in [-0.05, 0) is 163 Å². The smallest absolute Gasteiger partial charge is 0.136 e. The van der Waals surface area contributed by atoms with Crippen LogP contribution >= 0.6 is 0 Å². The van der Waals surface area contributed by atoms with E-state index in [0.717, 1.165) is 66.8 Å². The normalized spacial score (nSPS) is 13.1. The van der Waals surface area contributed by atoms with Crippen molar-refractivity contribution in [3.8, 4) is 45.3 Å². The van der Waals surface area contributed by atoms with Gasteiger partial charge in [-0.25, -0.2) is 0 Å². The Hall–Kier alpha value is -6.26. The molecule has 0 bridgehead atoms. The number of nitrogens with zero attached hydrogens (tertiary/aromatic N) is 2. The van der Waals surface area contributed by atoms with E-state index in [1.807, 2.05) is 24.8 Å². The second kappa shape index (κ2) is 17.0. The molecule has 2 aliphatic rings. The third kappa shape index (κ3) is 7.65. The molecule has 0 saturated heterocycles. The van der Waals surface area contributed by atoms with Crippen LogP contribution in [0.5, 0.6) is 23.0 Å². The fourth-order valence-electron chi connectivity index (χ4n) is 9.75. The maximum absolute atomic E-state index is 7.26. The quantitative estimate of drug-likeness (QED) is 0.138. The average molecular weight is 843 g/mol. The number of ether oxygens (including phenoxy) is 2. The highest BCUT2D eigenvalue weighted by molar-refractivity contribution is 5.92. The summed E-state index contributed by atoms with van der Waals surface area (Å²) in [5, 5.41) is 2.08. The topological polar surface area (TPSA) is 44.2 Å². The van der Waals surface area contributed by atoms with Crippen LogP contribution in [0, 0.1) is 0 Å². The lowest BCUT2D eigenvalue weighted by atomic mass is 9.77. The van der Waals surface area contributed by atoms with Crippen molar-refractivity contribution in [2.45, 2.75) is 119 Å². The molecule has 64 heavy (non-hydrogen) atoms. The molecule has 0 aliphatic carbocycles. The molecule has 0 radical (unpaired) electrons. The number of pyridine rings is 2. The van der Waals surface area contributed by atoms with Gasteiger partial charge >= 0.3 is 0 Å². The van der Waals surface area contributed by atoms with Crippen LogP contribution in [0.25, 0.3) is 33.4 Å². The molecular weight excluding hydrogens is 781 g/mol. The van der Waals surface area contributed by atoms with Crippen LogP contribution < -0.4 is 19.9 Å². The number of hydrogen-bond acceptors (Lipinski definition) is 4. The lowest BCUT2D eigenvalue weighted by Gasteiger charge is -2.30. The van der Waals surface area contributed by atoms with Crippen molar-refractivity contribution in [1.29, 1.82) is 0 Å². The fraction of sp³-hybridized carbons (Fsp3) is 0.300. The highest BCUT2D eigenvalue weighted by Crippen LogP contribution is 2.47.